The van der Waals surface area contributed by atoms with Gasteiger partial charge in [0.15, 0.2) is 11.6 Å². The number of nitrogens with one attached hydrogen (secondary N) is 4. The van der Waals surface area contributed by atoms with Crippen molar-refractivity contribution in [1.82, 2.24) is 30.7 Å². The molecule has 14 atom stereocenters. The first kappa shape index (κ1) is 74.6. The summed E-state index contributed by atoms with van der Waals surface area (Å²) in [5.74, 6) is -6.52. The van der Waals surface area contributed by atoms with E-state index in [0.717, 1.165) is 31.2 Å². The van der Waals surface area contributed by atoms with Crippen molar-refractivity contribution in [2.75, 3.05) is 73.1 Å². The van der Waals surface area contributed by atoms with Gasteiger partial charge in [-0.05, 0) is 106 Å². The number of aliphatic carboxylic acids is 1. The van der Waals surface area contributed by atoms with Gasteiger partial charge in [-0.2, -0.15) is 0 Å². The third-order valence-electron chi connectivity index (χ3n) is 18.8. The minimum Gasteiger partial charge on any atom is -0.481 e. The normalized spacial score (nSPS) is 20.9. The molecule has 23 heteroatoms. The van der Waals surface area contributed by atoms with Crippen molar-refractivity contribution >= 4 is 64.6 Å². The number of primary amides is 1. The lowest BCUT2D eigenvalue weighted by Gasteiger charge is -2.41. The minimum absolute atomic E-state index is 0.00195. The average Bonchev–Trinajstić information content (AvgIpc) is 1.74. The molecule has 3 fully saturated rings. The molecule has 7 amide bonds. The molecule has 0 radical (unpaired) electrons. The number of carboxylic acids is 1. The van der Waals surface area contributed by atoms with E-state index >= 15 is 0 Å². The summed E-state index contributed by atoms with van der Waals surface area (Å²) in [4.78, 5) is 138. The number of hydrogen-bond acceptors (Lipinski definition) is 15. The Morgan fingerprint density at radius 3 is 2.08 bits per heavy atom. The predicted octanol–water partition coefficient (Wildman–Crippen LogP) is 5.17. The van der Waals surface area contributed by atoms with Crippen LogP contribution in [0.4, 0.5) is 10.5 Å². The Balaban J connectivity index is 1.35. The van der Waals surface area contributed by atoms with Gasteiger partial charge in [0.25, 0.3) is 0 Å². The molecule has 8 N–H and O–H groups in total. The zero-order chi connectivity index (χ0) is 65.5. The first-order valence-electron chi connectivity index (χ1n) is 32.0. The van der Waals surface area contributed by atoms with Gasteiger partial charge in [0, 0.05) is 109 Å². The number of ether oxygens (including phenoxy) is 3. The lowest BCUT2D eigenvalue weighted by molar-refractivity contribution is -0.149. The Labute approximate surface area is 521 Å². The molecule has 3 aliphatic rings. The Bertz CT molecular complexity index is 2480. The molecule has 0 spiro atoms. The Morgan fingerprint density at radius 1 is 0.807 bits per heavy atom. The standard InChI is InChI=1S/C65H106N8O15/c1-13-40(6)59(72(10)63(82)49(38(2)3)35-53(77)60-45-20-23-48(33-45)71(60)9)54(86-11)36-57(80)73-27-15-17-50(73)61(87-12)42(8)51(75)32-44(37-74)31-43-18-21-47(22-19-43)69-62(81)46(16-14-25-68-65(66)85)34-52(76)58(39(4)5)70-55(78)24-28-88-29-26-67-56(79)30-41(7)64(83)84/h18-19,21-22,38-42,44-46,48-50,54,58-61,74H,13-17,20,23-37H2,1-12H3,(H,67,79)(H,69,81)(H,70,78)(H,83,84)(H3,66,68,85)/t40-,41?,42-,44+,45-,46+,48-,49-,50-,54+,58?,59-,60-,61+/m0/s1. The fourth-order valence-corrected chi connectivity index (χ4v) is 13.3. The summed E-state index contributed by atoms with van der Waals surface area (Å²) in [6, 6.07) is 4.70. The number of fused-ring (bicyclic) bond motifs is 2. The number of carboxylic acid groups (broad SMARTS) is 1. The molecule has 88 heavy (non-hydrogen) atoms. The number of piperidine rings is 1. The number of likely N-dealkylation sites (tertiary alicyclic amines) is 2. The highest BCUT2D eigenvalue weighted by Gasteiger charge is 2.49. The van der Waals surface area contributed by atoms with Gasteiger partial charge in [0.1, 0.15) is 5.78 Å². The van der Waals surface area contributed by atoms with Gasteiger partial charge < -0.3 is 61.2 Å². The van der Waals surface area contributed by atoms with Crippen molar-refractivity contribution in [3.05, 3.63) is 29.8 Å². The fraction of sp³-hybridized carbons (Fsp3) is 0.754. The first-order chi connectivity index (χ1) is 41.7. The highest BCUT2D eigenvalue weighted by atomic mass is 16.5. The molecular formula is C65H106N8O15. The fourth-order valence-electron chi connectivity index (χ4n) is 13.3. The quantitative estimate of drug-likeness (QED) is 0.0416. The summed E-state index contributed by atoms with van der Waals surface area (Å²) in [7, 11) is 6.91. The number of ketones is 3. The van der Waals surface area contributed by atoms with Crippen LogP contribution in [0.5, 0.6) is 0 Å². The van der Waals surface area contributed by atoms with Crippen LogP contribution in [0, 0.1) is 53.3 Å². The first-order valence-corrected chi connectivity index (χ1v) is 32.0. The van der Waals surface area contributed by atoms with Gasteiger partial charge in [0.2, 0.25) is 29.5 Å². The second-order valence-electron chi connectivity index (χ2n) is 25.8. The van der Waals surface area contributed by atoms with Crippen LogP contribution < -0.4 is 27.0 Å². The molecule has 23 nitrogen and oxygen atoms in total. The van der Waals surface area contributed by atoms with Crippen molar-refractivity contribution in [2.24, 2.45) is 59.0 Å². The van der Waals surface area contributed by atoms with Gasteiger partial charge in [-0.1, -0.05) is 73.9 Å². The number of benzene rings is 1. The van der Waals surface area contributed by atoms with Crippen LogP contribution in [-0.4, -0.2) is 194 Å². The van der Waals surface area contributed by atoms with Gasteiger partial charge in [-0.25, -0.2) is 4.79 Å². The summed E-state index contributed by atoms with van der Waals surface area (Å²) in [6.07, 6.45) is 4.52. The van der Waals surface area contributed by atoms with Crippen LogP contribution in [0.25, 0.3) is 0 Å². The van der Waals surface area contributed by atoms with E-state index < -0.39 is 89.6 Å². The van der Waals surface area contributed by atoms with Crippen LogP contribution in [0.15, 0.2) is 24.3 Å². The molecule has 1 aromatic carbocycles. The molecule has 2 bridgehead atoms. The topological polar surface area (TPSA) is 323 Å². The van der Waals surface area contributed by atoms with Gasteiger partial charge in [0.05, 0.1) is 61.9 Å². The molecule has 0 aromatic heterocycles. The number of Topliss-reactive ketones (excluding diaryl/α,β-unsaturated/α-hetero) is 3. The van der Waals surface area contributed by atoms with Crippen molar-refractivity contribution in [3.8, 4) is 0 Å². The number of likely N-dealkylation sites (N-methyl/N-ethyl adjacent to an activating group) is 2. The molecule has 2 heterocycles. The van der Waals surface area contributed by atoms with Crippen LogP contribution in [0.1, 0.15) is 151 Å². The number of nitrogens with two attached hydrogens (primary N) is 1. The third-order valence-corrected chi connectivity index (χ3v) is 18.8. The lowest BCUT2D eigenvalue weighted by Crippen LogP contribution is -2.54. The number of nitrogens with zero attached hydrogens (tertiary/aromatic N) is 3. The van der Waals surface area contributed by atoms with Gasteiger partial charge in [-0.15, -0.1) is 0 Å². The molecule has 1 aliphatic carbocycles. The number of rotatable bonds is 41. The monoisotopic (exact) mass is 1240 g/mol. The highest BCUT2D eigenvalue weighted by molar-refractivity contribution is 5.97. The van der Waals surface area contributed by atoms with Crippen molar-refractivity contribution in [2.45, 2.75) is 194 Å². The number of carbonyl (C=O) groups excluding carboxylic acids is 9. The van der Waals surface area contributed by atoms with Crippen LogP contribution >= 0.6 is 0 Å². The van der Waals surface area contributed by atoms with Crippen molar-refractivity contribution in [3.63, 3.8) is 0 Å². The maximum atomic E-state index is 14.6. The number of carbonyl (C=O) groups is 10. The number of aliphatic hydroxyl groups excluding tert-OH is 1. The van der Waals surface area contributed by atoms with Crippen LogP contribution in [0.2, 0.25) is 0 Å². The smallest absolute Gasteiger partial charge is 0.312 e. The van der Waals surface area contributed by atoms with E-state index in [9.17, 15) is 53.1 Å². The molecule has 2 unspecified atom stereocenters. The highest BCUT2D eigenvalue weighted by Crippen LogP contribution is 2.43. The largest absolute Gasteiger partial charge is 0.481 e. The zero-order valence-corrected chi connectivity index (χ0v) is 54.5. The maximum Gasteiger partial charge on any atom is 0.312 e. The van der Waals surface area contributed by atoms with Crippen LogP contribution in [-0.2, 0) is 63.8 Å². The summed E-state index contributed by atoms with van der Waals surface area (Å²) in [6.45, 7) is 15.4. The van der Waals surface area contributed by atoms with E-state index in [0.29, 0.717) is 49.9 Å². The Morgan fingerprint density at radius 2 is 1.50 bits per heavy atom. The Kier molecular flexibility index (Phi) is 31.1. The maximum absolute atomic E-state index is 14.6. The Hall–Kier alpha value is -5.88. The lowest BCUT2D eigenvalue weighted by atomic mass is 9.83. The summed E-state index contributed by atoms with van der Waals surface area (Å²) < 4.78 is 17.6. The van der Waals surface area contributed by atoms with E-state index in [-0.39, 0.29) is 131 Å². The van der Waals surface area contributed by atoms with E-state index in [1.807, 2.05) is 27.8 Å². The molecule has 4 rings (SSSR count). The molecule has 2 aliphatic heterocycles. The SMILES string of the molecule is CC[C@H](C)[C@@H]([C@@H](CC(=O)N1CCC[C@H]1[C@H](OC)[C@@H](C)C(=O)C[C@H](CO)Cc1ccc(NC(=O)[C@H](CCCNC(N)=O)CC(=O)C(NC(=O)CCOCCNC(=O)CC(C)C(=O)O)C(C)C)cc1)OC)N(C)C(=O)[C@@H](CC(=O)[C@@H]1[C@H]2CC[C@@H](C2)N1C)C(C)C. The zero-order valence-electron chi connectivity index (χ0n) is 54.5. The van der Waals surface area contributed by atoms with E-state index in [1.54, 1.807) is 69.0 Å². The average molecular weight is 1240 g/mol. The number of anilines is 1. The summed E-state index contributed by atoms with van der Waals surface area (Å²) in [5.41, 5.74) is 6.48. The molecule has 1 aromatic rings. The molecule has 496 valence electrons. The number of methoxy groups -OCH3 is 2. The summed E-state index contributed by atoms with van der Waals surface area (Å²) >= 11 is 0. The predicted molar refractivity (Wildman–Crippen MR) is 332 cm³/mol. The molecular weight excluding hydrogens is 1130 g/mol. The molecule has 1 saturated carbocycles. The second-order valence-corrected chi connectivity index (χ2v) is 25.8. The van der Waals surface area contributed by atoms with Crippen molar-refractivity contribution in [1.29, 1.82) is 0 Å². The second kappa shape index (κ2) is 36.7. The summed E-state index contributed by atoms with van der Waals surface area (Å²) in [5, 5.41) is 30.3. The number of urea groups is 1. The van der Waals surface area contributed by atoms with E-state index in [2.05, 4.69) is 33.1 Å². The number of hydrogen-bond donors (Lipinski definition) is 7. The van der Waals surface area contributed by atoms with Gasteiger partial charge >= 0.3 is 12.0 Å². The van der Waals surface area contributed by atoms with Gasteiger partial charge in [-0.3, -0.25) is 48.1 Å². The molecule has 2 saturated heterocycles. The van der Waals surface area contributed by atoms with E-state index in [4.69, 9.17) is 25.1 Å². The minimum atomic E-state index is -1.08. The third kappa shape index (κ3) is 22.0. The number of amides is 7. The number of aliphatic hydroxyl groups is 1. The van der Waals surface area contributed by atoms with E-state index in [1.165, 1.54) is 14.0 Å². The van der Waals surface area contributed by atoms with Crippen LogP contribution in [0.3, 0.4) is 0 Å². The van der Waals surface area contributed by atoms with Crippen molar-refractivity contribution < 1.29 is 72.4 Å².